The number of aromatic nitrogens is 2. The number of halogens is 1. The minimum atomic E-state index is -0.213. The predicted molar refractivity (Wildman–Crippen MR) is 103 cm³/mol. The average molecular weight is 363 g/mol. The first kappa shape index (κ1) is 18.2. The van der Waals surface area contributed by atoms with E-state index in [4.69, 9.17) is 0 Å². The quantitative estimate of drug-likeness (QED) is 0.874. The van der Waals surface area contributed by atoms with Gasteiger partial charge < -0.3 is 10.6 Å². The minimum absolute atomic E-state index is 0. The van der Waals surface area contributed by atoms with E-state index in [2.05, 4.69) is 35.8 Å². The lowest BCUT2D eigenvalue weighted by Crippen LogP contribution is -2.44. The van der Waals surface area contributed by atoms with Crippen LogP contribution in [0, 0.1) is 11.3 Å². The molecule has 4 rings (SSSR count). The molecule has 25 heavy (non-hydrogen) atoms. The Hall–Kier alpha value is -1.59. The highest BCUT2D eigenvalue weighted by atomic mass is 35.5. The maximum absolute atomic E-state index is 13.0. The van der Waals surface area contributed by atoms with Gasteiger partial charge in [-0.25, -0.2) is 0 Å². The van der Waals surface area contributed by atoms with Crippen LogP contribution in [0.4, 0.5) is 5.69 Å². The van der Waals surface area contributed by atoms with Crippen molar-refractivity contribution < 1.29 is 4.79 Å². The fourth-order valence-electron chi connectivity index (χ4n) is 4.33. The molecule has 1 aliphatic heterocycles. The molecule has 1 aromatic carbocycles. The van der Waals surface area contributed by atoms with E-state index >= 15 is 0 Å². The second-order valence-corrected chi connectivity index (χ2v) is 7.66. The van der Waals surface area contributed by atoms with Crippen molar-refractivity contribution in [2.45, 2.75) is 45.6 Å². The highest BCUT2D eigenvalue weighted by Gasteiger charge is 2.49. The highest BCUT2D eigenvalue weighted by molar-refractivity contribution is 5.97. The predicted octanol–water partition coefficient (Wildman–Crippen LogP) is 3.76. The maximum Gasteiger partial charge on any atom is 0.232 e. The van der Waals surface area contributed by atoms with Gasteiger partial charge in [-0.15, -0.1) is 12.4 Å². The summed E-state index contributed by atoms with van der Waals surface area (Å²) in [5.41, 5.74) is 1.63. The number of amides is 1. The molecule has 136 valence electrons. The fraction of sp³-hybridized carbons (Fsp3) is 0.579. The summed E-state index contributed by atoms with van der Waals surface area (Å²) in [6.45, 7) is 6.03. The standard InChI is InChI=1S/C19H26N4O.ClH/c1-13(2)23-11-14-9-16(6-7-17(14)22-23)21-18(24)19-8-4-3-5-15(19)10-20-12-19;/h6-7,9,11,13,15,20H,3-5,8,10,12H2,1-2H3,(H,21,24);1H/t15-,19+;/m0./s1. The Morgan fingerprint density at radius 2 is 2.24 bits per heavy atom. The molecule has 2 aliphatic rings. The van der Waals surface area contributed by atoms with E-state index in [1.807, 2.05) is 22.9 Å². The highest BCUT2D eigenvalue weighted by Crippen LogP contribution is 2.44. The molecule has 2 fully saturated rings. The third-order valence-corrected chi connectivity index (χ3v) is 5.80. The monoisotopic (exact) mass is 362 g/mol. The van der Waals surface area contributed by atoms with E-state index in [1.54, 1.807) is 0 Å². The van der Waals surface area contributed by atoms with Gasteiger partial charge in [0.1, 0.15) is 0 Å². The minimum Gasteiger partial charge on any atom is -0.326 e. The van der Waals surface area contributed by atoms with Crippen LogP contribution in [-0.4, -0.2) is 28.8 Å². The summed E-state index contributed by atoms with van der Waals surface area (Å²) >= 11 is 0. The summed E-state index contributed by atoms with van der Waals surface area (Å²) in [4.78, 5) is 13.0. The molecule has 1 saturated carbocycles. The number of carbonyl (C=O) groups excluding carboxylic acids is 1. The number of carbonyl (C=O) groups is 1. The smallest absolute Gasteiger partial charge is 0.232 e. The molecule has 1 aromatic heterocycles. The Bertz CT molecular complexity index is 772. The van der Waals surface area contributed by atoms with E-state index in [0.717, 1.165) is 42.5 Å². The first-order chi connectivity index (χ1) is 11.6. The zero-order valence-electron chi connectivity index (χ0n) is 14.9. The van der Waals surface area contributed by atoms with Crippen molar-refractivity contribution in [3.8, 4) is 0 Å². The summed E-state index contributed by atoms with van der Waals surface area (Å²) < 4.78 is 1.97. The van der Waals surface area contributed by atoms with Gasteiger partial charge in [-0.05, 0) is 57.4 Å². The zero-order valence-corrected chi connectivity index (χ0v) is 15.7. The van der Waals surface area contributed by atoms with Crippen LogP contribution in [0.3, 0.4) is 0 Å². The van der Waals surface area contributed by atoms with Gasteiger partial charge in [-0.2, -0.15) is 5.10 Å². The molecule has 1 amide bonds. The van der Waals surface area contributed by atoms with Crippen LogP contribution < -0.4 is 10.6 Å². The largest absolute Gasteiger partial charge is 0.326 e. The molecule has 1 aliphatic carbocycles. The number of fused-ring (bicyclic) bond motifs is 2. The van der Waals surface area contributed by atoms with Crippen LogP contribution in [0.15, 0.2) is 24.4 Å². The molecule has 0 bridgehead atoms. The first-order valence-corrected chi connectivity index (χ1v) is 9.09. The molecule has 0 unspecified atom stereocenters. The SMILES string of the molecule is CC(C)n1cc2cc(NC(=O)[C@@]34CCCC[C@H]3CNC4)ccc2n1.Cl. The van der Waals surface area contributed by atoms with E-state index in [9.17, 15) is 4.79 Å². The Balaban J connectivity index is 0.00000182. The number of hydrogen-bond acceptors (Lipinski definition) is 3. The summed E-state index contributed by atoms with van der Waals surface area (Å²) in [5.74, 6) is 0.673. The van der Waals surface area contributed by atoms with Gasteiger partial charge in [0, 0.05) is 29.9 Å². The number of rotatable bonds is 3. The van der Waals surface area contributed by atoms with Crippen molar-refractivity contribution in [3.63, 3.8) is 0 Å². The van der Waals surface area contributed by atoms with Gasteiger partial charge in [0.25, 0.3) is 0 Å². The van der Waals surface area contributed by atoms with Gasteiger partial charge >= 0.3 is 0 Å². The van der Waals surface area contributed by atoms with Crippen molar-refractivity contribution in [3.05, 3.63) is 24.4 Å². The maximum atomic E-state index is 13.0. The third kappa shape index (κ3) is 3.15. The normalized spacial score (nSPS) is 25.6. The summed E-state index contributed by atoms with van der Waals surface area (Å²) in [6, 6.07) is 6.33. The van der Waals surface area contributed by atoms with Crippen molar-refractivity contribution in [1.29, 1.82) is 0 Å². The summed E-state index contributed by atoms with van der Waals surface area (Å²) in [6.07, 6.45) is 6.63. The van der Waals surface area contributed by atoms with Gasteiger partial charge in [0.15, 0.2) is 0 Å². The summed E-state index contributed by atoms with van der Waals surface area (Å²) in [5, 5.41) is 12.3. The van der Waals surface area contributed by atoms with Gasteiger partial charge in [-0.3, -0.25) is 9.48 Å². The van der Waals surface area contributed by atoms with Crippen molar-refractivity contribution in [2.24, 2.45) is 11.3 Å². The van der Waals surface area contributed by atoms with Gasteiger partial charge in [0.2, 0.25) is 5.91 Å². The molecular formula is C19H27ClN4O. The number of benzene rings is 1. The van der Waals surface area contributed by atoms with E-state index in [1.165, 1.54) is 12.8 Å². The topological polar surface area (TPSA) is 59.0 Å². The first-order valence-electron chi connectivity index (χ1n) is 9.09. The van der Waals surface area contributed by atoms with E-state index in [-0.39, 0.29) is 23.7 Å². The van der Waals surface area contributed by atoms with Crippen LogP contribution in [0.25, 0.3) is 10.9 Å². The third-order valence-electron chi connectivity index (χ3n) is 5.80. The number of nitrogens with one attached hydrogen (secondary N) is 2. The number of anilines is 1. The van der Waals surface area contributed by atoms with Crippen molar-refractivity contribution in [1.82, 2.24) is 15.1 Å². The molecule has 2 heterocycles. The molecule has 5 nitrogen and oxygen atoms in total. The zero-order chi connectivity index (χ0) is 16.7. The van der Waals surface area contributed by atoms with Crippen LogP contribution in [0.2, 0.25) is 0 Å². The van der Waals surface area contributed by atoms with Crippen molar-refractivity contribution in [2.75, 3.05) is 18.4 Å². The Morgan fingerprint density at radius 1 is 1.40 bits per heavy atom. The number of hydrogen-bond donors (Lipinski definition) is 2. The average Bonchev–Trinajstić information content (AvgIpc) is 3.19. The molecule has 6 heteroatoms. The molecular weight excluding hydrogens is 336 g/mol. The van der Waals surface area contributed by atoms with E-state index in [0.29, 0.717) is 12.0 Å². The Kier molecular flexibility index (Phi) is 5.07. The lowest BCUT2D eigenvalue weighted by Gasteiger charge is -2.37. The van der Waals surface area contributed by atoms with Gasteiger partial charge in [-0.1, -0.05) is 12.8 Å². The fourth-order valence-corrected chi connectivity index (χ4v) is 4.33. The molecule has 0 radical (unpaired) electrons. The molecule has 0 spiro atoms. The van der Waals surface area contributed by atoms with Crippen LogP contribution in [0.1, 0.15) is 45.6 Å². The Labute approximate surface area is 155 Å². The van der Waals surface area contributed by atoms with E-state index < -0.39 is 0 Å². The molecule has 1 saturated heterocycles. The Morgan fingerprint density at radius 3 is 3.04 bits per heavy atom. The second kappa shape index (κ2) is 6.96. The van der Waals surface area contributed by atoms with Crippen molar-refractivity contribution >= 4 is 34.9 Å². The van der Waals surface area contributed by atoms with Crippen LogP contribution in [-0.2, 0) is 4.79 Å². The second-order valence-electron chi connectivity index (χ2n) is 7.66. The molecule has 2 aromatic rings. The molecule has 2 atom stereocenters. The molecule has 2 N–H and O–H groups in total. The lowest BCUT2D eigenvalue weighted by atomic mass is 9.67. The summed E-state index contributed by atoms with van der Waals surface area (Å²) in [7, 11) is 0. The van der Waals surface area contributed by atoms with Crippen LogP contribution in [0.5, 0.6) is 0 Å². The van der Waals surface area contributed by atoms with Crippen LogP contribution >= 0.6 is 12.4 Å². The lowest BCUT2D eigenvalue weighted by molar-refractivity contribution is -0.128. The number of nitrogens with zero attached hydrogens (tertiary/aromatic N) is 2. The van der Waals surface area contributed by atoms with Gasteiger partial charge in [0.05, 0.1) is 10.9 Å².